The maximum absolute atomic E-state index is 12.4. The van der Waals surface area contributed by atoms with Gasteiger partial charge in [-0.05, 0) is 11.5 Å². The van der Waals surface area contributed by atoms with Crippen LogP contribution in [0.25, 0.3) is 11.3 Å². The van der Waals surface area contributed by atoms with E-state index in [1.54, 1.807) is 12.1 Å². The van der Waals surface area contributed by atoms with E-state index in [1.165, 1.54) is 38.2 Å². The first kappa shape index (κ1) is 21.4. The molecule has 1 heterocycles. The first-order valence-corrected chi connectivity index (χ1v) is 10.3. The second kappa shape index (κ2) is 9.49. The lowest BCUT2D eigenvalue weighted by Crippen LogP contribution is -2.19. The minimum atomic E-state index is -0.416. The Morgan fingerprint density at radius 2 is 1.60 bits per heavy atom. The number of hydrogen-bond donors (Lipinski definition) is 2. The van der Waals surface area contributed by atoms with E-state index in [-0.39, 0.29) is 0 Å². The molecule has 2 N–H and O–H groups in total. The van der Waals surface area contributed by atoms with Gasteiger partial charge < -0.3 is 19.5 Å². The Labute approximate surface area is 180 Å². The van der Waals surface area contributed by atoms with E-state index in [0.29, 0.717) is 34.0 Å². The Morgan fingerprint density at radius 3 is 2.13 bits per heavy atom. The maximum atomic E-state index is 12.4. The van der Waals surface area contributed by atoms with Crippen molar-refractivity contribution < 1.29 is 19.0 Å². The molecule has 0 radical (unpaired) electrons. The van der Waals surface area contributed by atoms with Gasteiger partial charge in [0, 0.05) is 23.1 Å². The van der Waals surface area contributed by atoms with Crippen LogP contribution in [0.4, 0.5) is 15.6 Å². The molecular formula is C22H25N3O4S. The van der Waals surface area contributed by atoms with Crippen LogP contribution < -0.4 is 24.8 Å². The Kier molecular flexibility index (Phi) is 6.79. The summed E-state index contributed by atoms with van der Waals surface area (Å²) in [6, 6.07) is 11.2. The molecular weight excluding hydrogens is 402 g/mol. The minimum absolute atomic E-state index is 0.416. The molecule has 0 aliphatic rings. The monoisotopic (exact) mass is 427 g/mol. The minimum Gasteiger partial charge on any atom is -0.493 e. The molecule has 0 atom stereocenters. The van der Waals surface area contributed by atoms with Gasteiger partial charge in [-0.3, -0.25) is 5.32 Å². The third-order valence-electron chi connectivity index (χ3n) is 4.52. The zero-order chi connectivity index (χ0) is 21.7. The van der Waals surface area contributed by atoms with Crippen molar-refractivity contribution in [3.05, 3.63) is 47.3 Å². The molecule has 158 valence electrons. The highest BCUT2D eigenvalue weighted by molar-refractivity contribution is 7.14. The Hall–Kier alpha value is -3.26. The molecule has 2 aromatic carbocycles. The molecule has 0 saturated heterocycles. The van der Waals surface area contributed by atoms with Crippen LogP contribution in [0.15, 0.2) is 41.8 Å². The Morgan fingerprint density at radius 1 is 0.967 bits per heavy atom. The second-order valence-electron chi connectivity index (χ2n) is 6.81. The first-order valence-electron chi connectivity index (χ1n) is 9.39. The van der Waals surface area contributed by atoms with Crippen LogP contribution in [-0.4, -0.2) is 32.3 Å². The predicted molar refractivity (Wildman–Crippen MR) is 120 cm³/mol. The number of rotatable bonds is 7. The number of ether oxygens (including phenoxy) is 3. The van der Waals surface area contributed by atoms with Gasteiger partial charge in [-0.2, -0.15) is 0 Å². The van der Waals surface area contributed by atoms with E-state index in [9.17, 15) is 4.79 Å². The molecule has 0 aliphatic heterocycles. The van der Waals surface area contributed by atoms with Crippen LogP contribution in [0.2, 0.25) is 0 Å². The number of aromatic nitrogens is 1. The second-order valence-corrected chi connectivity index (χ2v) is 7.67. The number of nitrogens with zero attached hydrogens (tertiary/aromatic N) is 1. The summed E-state index contributed by atoms with van der Waals surface area (Å²) < 4.78 is 15.9. The number of thiazole rings is 1. The molecule has 1 aromatic heterocycles. The Bertz CT molecular complexity index is 990. The smallest absolute Gasteiger partial charge is 0.325 e. The Balaban J connectivity index is 1.70. The van der Waals surface area contributed by atoms with E-state index in [1.807, 2.05) is 17.5 Å². The summed E-state index contributed by atoms with van der Waals surface area (Å²) in [5, 5.41) is 7.94. The van der Waals surface area contributed by atoms with Crippen LogP contribution >= 0.6 is 11.3 Å². The molecule has 0 bridgehead atoms. The molecule has 0 unspecified atom stereocenters. The molecule has 3 aromatic rings. The van der Waals surface area contributed by atoms with Crippen molar-refractivity contribution in [1.29, 1.82) is 0 Å². The summed E-state index contributed by atoms with van der Waals surface area (Å²) in [5.74, 6) is 1.84. The molecule has 3 rings (SSSR count). The summed E-state index contributed by atoms with van der Waals surface area (Å²) in [4.78, 5) is 16.9. The molecule has 8 heteroatoms. The van der Waals surface area contributed by atoms with Crippen molar-refractivity contribution in [3.8, 4) is 28.5 Å². The zero-order valence-electron chi connectivity index (χ0n) is 17.6. The largest absolute Gasteiger partial charge is 0.493 e. The van der Waals surface area contributed by atoms with Gasteiger partial charge in [0.25, 0.3) is 0 Å². The van der Waals surface area contributed by atoms with Crippen LogP contribution in [0.1, 0.15) is 25.3 Å². The number of benzene rings is 2. The summed E-state index contributed by atoms with van der Waals surface area (Å²) in [6.45, 7) is 4.32. The zero-order valence-corrected chi connectivity index (χ0v) is 18.4. The van der Waals surface area contributed by atoms with Crippen molar-refractivity contribution >= 4 is 28.2 Å². The molecule has 30 heavy (non-hydrogen) atoms. The average Bonchev–Trinajstić information content (AvgIpc) is 3.21. The number of carbonyl (C=O) groups excluding carboxylic acids is 1. The van der Waals surface area contributed by atoms with E-state index in [4.69, 9.17) is 14.2 Å². The number of methoxy groups -OCH3 is 3. The van der Waals surface area contributed by atoms with Gasteiger partial charge in [0.1, 0.15) is 0 Å². The van der Waals surface area contributed by atoms with E-state index >= 15 is 0 Å². The van der Waals surface area contributed by atoms with Gasteiger partial charge in [-0.25, -0.2) is 9.78 Å². The maximum Gasteiger partial charge on any atom is 0.325 e. The standard InChI is InChI=1S/C22H25N3O4S/c1-13(2)14-6-8-15(9-7-14)17-12-30-22(24-17)25-21(26)23-16-10-18(27-3)20(29-5)19(11-16)28-4/h6-13H,1-5H3,(H2,23,24,25,26). The number of urea groups is 1. The highest BCUT2D eigenvalue weighted by Gasteiger charge is 2.15. The van der Waals surface area contributed by atoms with Gasteiger partial charge in [-0.15, -0.1) is 11.3 Å². The fourth-order valence-electron chi connectivity index (χ4n) is 2.92. The van der Waals surface area contributed by atoms with Gasteiger partial charge in [-0.1, -0.05) is 38.1 Å². The first-order chi connectivity index (χ1) is 14.4. The van der Waals surface area contributed by atoms with E-state index < -0.39 is 6.03 Å². The van der Waals surface area contributed by atoms with Crippen LogP contribution in [-0.2, 0) is 0 Å². The van der Waals surface area contributed by atoms with Gasteiger partial charge in [0.05, 0.1) is 32.7 Å². The lowest BCUT2D eigenvalue weighted by atomic mass is 10.0. The number of amides is 2. The summed E-state index contributed by atoms with van der Waals surface area (Å²) in [5.41, 5.74) is 3.60. The predicted octanol–water partition coefficient (Wildman–Crippen LogP) is 5.60. The highest BCUT2D eigenvalue weighted by atomic mass is 32.1. The van der Waals surface area contributed by atoms with Crippen molar-refractivity contribution in [3.63, 3.8) is 0 Å². The van der Waals surface area contributed by atoms with Crippen LogP contribution in [0.3, 0.4) is 0 Å². The SMILES string of the molecule is COc1cc(NC(=O)Nc2nc(-c3ccc(C(C)C)cc3)cs2)cc(OC)c1OC. The number of anilines is 2. The third kappa shape index (κ3) is 4.83. The lowest BCUT2D eigenvalue weighted by Gasteiger charge is -2.14. The summed E-state index contributed by atoms with van der Waals surface area (Å²) in [6.07, 6.45) is 0. The molecule has 0 spiro atoms. The van der Waals surface area contributed by atoms with Crippen molar-refractivity contribution in [2.24, 2.45) is 0 Å². The topological polar surface area (TPSA) is 81.7 Å². The molecule has 2 amide bonds. The molecule has 7 nitrogen and oxygen atoms in total. The van der Waals surface area contributed by atoms with Crippen molar-refractivity contribution in [2.75, 3.05) is 32.0 Å². The van der Waals surface area contributed by atoms with Gasteiger partial charge in [0.15, 0.2) is 16.6 Å². The molecule has 0 aliphatic carbocycles. The lowest BCUT2D eigenvalue weighted by molar-refractivity contribution is 0.262. The molecule has 0 saturated carbocycles. The number of hydrogen-bond acceptors (Lipinski definition) is 6. The van der Waals surface area contributed by atoms with Gasteiger partial charge >= 0.3 is 6.03 Å². The summed E-state index contributed by atoms with van der Waals surface area (Å²) in [7, 11) is 4.56. The molecule has 0 fully saturated rings. The van der Waals surface area contributed by atoms with Gasteiger partial charge in [0.2, 0.25) is 5.75 Å². The third-order valence-corrected chi connectivity index (χ3v) is 5.28. The van der Waals surface area contributed by atoms with Crippen LogP contribution in [0.5, 0.6) is 17.2 Å². The van der Waals surface area contributed by atoms with Crippen molar-refractivity contribution in [1.82, 2.24) is 4.98 Å². The summed E-state index contributed by atoms with van der Waals surface area (Å²) >= 11 is 1.36. The van der Waals surface area contributed by atoms with Crippen LogP contribution in [0, 0.1) is 0 Å². The quantitative estimate of drug-likeness (QED) is 0.513. The fraction of sp³-hybridized carbons (Fsp3) is 0.273. The van der Waals surface area contributed by atoms with Crippen molar-refractivity contribution in [2.45, 2.75) is 19.8 Å². The average molecular weight is 428 g/mol. The number of carbonyl (C=O) groups is 1. The van der Waals surface area contributed by atoms with E-state index in [2.05, 4.69) is 41.6 Å². The normalized spacial score (nSPS) is 10.6. The van der Waals surface area contributed by atoms with E-state index in [0.717, 1.165) is 11.3 Å². The fourth-order valence-corrected chi connectivity index (χ4v) is 3.63. The highest BCUT2D eigenvalue weighted by Crippen LogP contribution is 2.40. The number of nitrogens with one attached hydrogen (secondary N) is 2.